The van der Waals surface area contributed by atoms with Crippen molar-refractivity contribution in [1.82, 2.24) is 5.32 Å². The van der Waals surface area contributed by atoms with Gasteiger partial charge in [-0.1, -0.05) is 51.4 Å². The number of non-ortho nitro benzene ring substituents is 1. The van der Waals surface area contributed by atoms with Gasteiger partial charge in [-0.25, -0.2) is 0 Å². The Morgan fingerprint density at radius 3 is 2.84 bits per heavy atom. The Balaban J connectivity index is 1.83. The first kappa shape index (κ1) is 18.6. The standard InChI is InChI=1S/C17H16BrN3O4/c1-12(15-7-2-3-8-16(15)18)20-17(22)11-25-19-10-13-5-4-6-14(9-13)21(23)24/h2-10,12H,11H2,1H3,(H,20,22)/b19-10-/t12-/m0/s1. The highest BCUT2D eigenvalue weighted by Gasteiger charge is 2.12. The zero-order valence-electron chi connectivity index (χ0n) is 13.4. The van der Waals surface area contributed by atoms with Crippen LogP contribution in [0.4, 0.5) is 5.69 Å². The SMILES string of the molecule is C[C@H](NC(=O)CO/N=C\c1cccc([N+](=O)[O-])c1)c1ccccc1Br. The first-order chi connectivity index (χ1) is 12.0. The number of oxime groups is 1. The number of carbonyl (C=O) groups excluding carboxylic acids is 1. The number of halogens is 1. The predicted molar refractivity (Wildman–Crippen MR) is 97.3 cm³/mol. The average Bonchev–Trinajstić information content (AvgIpc) is 2.59. The number of carbonyl (C=O) groups is 1. The summed E-state index contributed by atoms with van der Waals surface area (Å²) >= 11 is 3.44. The summed E-state index contributed by atoms with van der Waals surface area (Å²) in [5, 5.41) is 17.2. The highest BCUT2D eigenvalue weighted by atomic mass is 79.9. The number of rotatable bonds is 7. The van der Waals surface area contributed by atoms with Crippen molar-refractivity contribution in [3.05, 3.63) is 74.2 Å². The van der Waals surface area contributed by atoms with Crippen LogP contribution in [-0.4, -0.2) is 23.7 Å². The van der Waals surface area contributed by atoms with Gasteiger partial charge < -0.3 is 10.2 Å². The lowest BCUT2D eigenvalue weighted by Gasteiger charge is -2.15. The van der Waals surface area contributed by atoms with Gasteiger partial charge in [-0.3, -0.25) is 14.9 Å². The van der Waals surface area contributed by atoms with Crippen molar-refractivity contribution in [1.29, 1.82) is 0 Å². The molecule has 1 amide bonds. The number of amides is 1. The van der Waals surface area contributed by atoms with Crippen molar-refractivity contribution in [2.24, 2.45) is 5.16 Å². The molecule has 0 unspecified atom stereocenters. The second-order valence-electron chi connectivity index (χ2n) is 5.17. The summed E-state index contributed by atoms with van der Waals surface area (Å²) in [6.07, 6.45) is 1.32. The van der Waals surface area contributed by atoms with E-state index in [9.17, 15) is 14.9 Å². The van der Waals surface area contributed by atoms with Crippen molar-refractivity contribution in [2.75, 3.05) is 6.61 Å². The van der Waals surface area contributed by atoms with Gasteiger partial charge in [-0.05, 0) is 18.6 Å². The second kappa shape index (κ2) is 8.93. The summed E-state index contributed by atoms with van der Waals surface area (Å²) in [6.45, 7) is 1.62. The molecule has 0 spiro atoms. The van der Waals surface area contributed by atoms with Crippen molar-refractivity contribution < 1.29 is 14.6 Å². The van der Waals surface area contributed by atoms with Gasteiger partial charge in [-0.15, -0.1) is 0 Å². The number of nitrogens with zero attached hydrogens (tertiary/aromatic N) is 2. The van der Waals surface area contributed by atoms with E-state index in [1.54, 1.807) is 12.1 Å². The molecule has 7 nitrogen and oxygen atoms in total. The highest BCUT2D eigenvalue weighted by Crippen LogP contribution is 2.22. The Bertz CT molecular complexity index is 795. The van der Waals surface area contributed by atoms with E-state index in [4.69, 9.17) is 4.84 Å². The van der Waals surface area contributed by atoms with Gasteiger partial charge in [0.1, 0.15) is 0 Å². The van der Waals surface area contributed by atoms with E-state index in [0.29, 0.717) is 5.56 Å². The normalized spacial score (nSPS) is 11.9. The summed E-state index contributed by atoms with van der Waals surface area (Å²) in [4.78, 5) is 27.0. The van der Waals surface area contributed by atoms with Crippen LogP contribution in [-0.2, 0) is 9.63 Å². The molecule has 2 rings (SSSR count). The molecule has 0 bridgehead atoms. The van der Waals surface area contributed by atoms with E-state index in [0.717, 1.165) is 10.0 Å². The fraction of sp³-hybridized carbons (Fsp3) is 0.176. The number of nitro groups is 1. The number of nitrogens with one attached hydrogen (secondary N) is 1. The molecule has 1 N–H and O–H groups in total. The van der Waals surface area contributed by atoms with Gasteiger partial charge in [0.25, 0.3) is 11.6 Å². The Morgan fingerprint density at radius 2 is 2.12 bits per heavy atom. The molecule has 8 heteroatoms. The van der Waals surface area contributed by atoms with E-state index >= 15 is 0 Å². The molecule has 0 aliphatic carbocycles. The third-order valence-corrected chi connectivity index (χ3v) is 4.02. The maximum absolute atomic E-state index is 11.9. The van der Waals surface area contributed by atoms with Crippen LogP contribution >= 0.6 is 15.9 Å². The summed E-state index contributed by atoms with van der Waals surface area (Å²) < 4.78 is 0.910. The van der Waals surface area contributed by atoms with E-state index in [2.05, 4.69) is 26.4 Å². The number of benzene rings is 2. The molecule has 0 heterocycles. The molecule has 0 saturated heterocycles. The number of nitro benzene ring substituents is 1. The summed E-state index contributed by atoms with van der Waals surface area (Å²) in [6, 6.07) is 13.4. The summed E-state index contributed by atoms with van der Waals surface area (Å²) in [5.41, 5.74) is 1.43. The van der Waals surface area contributed by atoms with E-state index in [-0.39, 0.29) is 24.2 Å². The molecule has 0 fully saturated rings. The summed E-state index contributed by atoms with van der Waals surface area (Å²) in [7, 11) is 0. The van der Waals surface area contributed by atoms with Gasteiger partial charge in [0, 0.05) is 22.2 Å². The Kier molecular flexibility index (Phi) is 6.64. The summed E-state index contributed by atoms with van der Waals surface area (Å²) in [5.74, 6) is -0.320. The molecule has 0 aliphatic rings. The van der Waals surface area contributed by atoms with Crippen LogP contribution in [0.3, 0.4) is 0 Å². The molecule has 2 aromatic carbocycles. The molecule has 2 aromatic rings. The second-order valence-corrected chi connectivity index (χ2v) is 6.03. The largest absolute Gasteiger partial charge is 0.386 e. The van der Waals surface area contributed by atoms with E-state index in [1.807, 2.05) is 31.2 Å². The highest BCUT2D eigenvalue weighted by molar-refractivity contribution is 9.10. The molecule has 0 aromatic heterocycles. The molecule has 0 saturated carbocycles. The molecule has 0 radical (unpaired) electrons. The van der Waals surface area contributed by atoms with E-state index in [1.165, 1.54) is 18.3 Å². The van der Waals surface area contributed by atoms with Crippen molar-refractivity contribution >= 4 is 33.7 Å². The van der Waals surface area contributed by atoms with Gasteiger partial charge in [0.05, 0.1) is 17.2 Å². The van der Waals surface area contributed by atoms with E-state index < -0.39 is 4.92 Å². The van der Waals surface area contributed by atoms with Gasteiger partial charge in [0.2, 0.25) is 0 Å². The molecule has 0 aliphatic heterocycles. The molecular weight excluding hydrogens is 390 g/mol. The van der Waals surface area contributed by atoms with Gasteiger partial charge >= 0.3 is 0 Å². The lowest BCUT2D eigenvalue weighted by Crippen LogP contribution is -2.29. The minimum Gasteiger partial charge on any atom is -0.386 e. The Hall–Kier alpha value is -2.74. The number of hydrogen-bond acceptors (Lipinski definition) is 5. The van der Waals surface area contributed by atoms with Crippen LogP contribution < -0.4 is 5.32 Å². The van der Waals surface area contributed by atoms with Crippen LogP contribution in [0.1, 0.15) is 24.1 Å². The van der Waals surface area contributed by atoms with Crippen LogP contribution in [0.2, 0.25) is 0 Å². The van der Waals surface area contributed by atoms with Crippen LogP contribution in [0.5, 0.6) is 0 Å². The van der Waals surface area contributed by atoms with Crippen LogP contribution in [0.25, 0.3) is 0 Å². The third kappa shape index (κ3) is 5.68. The topological polar surface area (TPSA) is 93.8 Å². The Labute approximate surface area is 153 Å². The van der Waals surface area contributed by atoms with Crippen LogP contribution in [0.15, 0.2) is 58.2 Å². The van der Waals surface area contributed by atoms with Crippen molar-refractivity contribution in [3.8, 4) is 0 Å². The molecular formula is C17H16BrN3O4. The maximum atomic E-state index is 11.9. The van der Waals surface area contributed by atoms with Crippen molar-refractivity contribution in [3.63, 3.8) is 0 Å². The first-order valence-electron chi connectivity index (χ1n) is 7.41. The van der Waals surface area contributed by atoms with Gasteiger partial charge in [0.15, 0.2) is 6.61 Å². The minimum atomic E-state index is -0.491. The quantitative estimate of drug-likeness (QED) is 0.432. The monoisotopic (exact) mass is 405 g/mol. The number of hydrogen-bond donors (Lipinski definition) is 1. The van der Waals surface area contributed by atoms with Crippen molar-refractivity contribution in [2.45, 2.75) is 13.0 Å². The van der Waals surface area contributed by atoms with Crippen LogP contribution in [0, 0.1) is 10.1 Å². The lowest BCUT2D eigenvalue weighted by atomic mass is 10.1. The molecule has 25 heavy (non-hydrogen) atoms. The zero-order valence-corrected chi connectivity index (χ0v) is 15.0. The maximum Gasteiger partial charge on any atom is 0.270 e. The minimum absolute atomic E-state index is 0.0380. The predicted octanol–water partition coefficient (Wildman–Crippen LogP) is 3.59. The zero-order chi connectivity index (χ0) is 18.2. The lowest BCUT2D eigenvalue weighted by molar-refractivity contribution is -0.384. The van der Waals surface area contributed by atoms with Gasteiger partial charge in [-0.2, -0.15) is 0 Å². The third-order valence-electron chi connectivity index (χ3n) is 3.30. The Morgan fingerprint density at radius 1 is 1.36 bits per heavy atom. The smallest absolute Gasteiger partial charge is 0.270 e. The fourth-order valence-corrected chi connectivity index (χ4v) is 2.73. The first-order valence-corrected chi connectivity index (χ1v) is 8.20. The molecule has 130 valence electrons. The molecule has 1 atom stereocenters. The fourth-order valence-electron chi connectivity index (χ4n) is 2.10. The average molecular weight is 406 g/mol.